The second kappa shape index (κ2) is 9.84. The SMILES string of the molecule is CC(C)(C)c1ccc(S(=O)(=O)Nc2cccc(-c3c(C(=O)Nc4ccccc4)[nH]c4ccccc34)c2)cc1. The summed E-state index contributed by atoms with van der Waals surface area (Å²) in [6, 6.07) is 30.9. The number of sulfonamides is 1. The van der Waals surface area contributed by atoms with Crippen molar-refractivity contribution in [1.29, 1.82) is 0 Å². The summed E-state index contributed by atoms with van der Waals surface area (Å²) in [6.45, 7) is 6.25. The Bertz CT molecular complexity index is 1720. The van der Waals surface area contributed by atoms with Crippen LogP contribution in [0.4, 0.5) is 11.4 Å². The molecule has 5 aromatic rings. The molecule has 0 fully saturated rings. The van der Waals surface area contributed by atoms with E-state index in [1.807, 2.05) is 72.8 Å². The Morgan fingerprint density at radius 2 is 1.42 bits per heavy atom. The number of aromatic amines is 1. The van der Waals surface area contributed by atoms with Crippen molar-refractivity contribution in [3.63, 3.8) is 0 Å². The van der Waals surface area contributed by atoms with E-state index in [0.29, 0.717) is 28.2 Å². The third-order valence-corrected chi connectivity index (χ3v) is 7.80. The maximum absolute atomic E-state index is 13.3. The molecule has 0 radical (unpaired) electrons. The molecule has 0 unspecified atom stereocenters. The number of hydrogen-bond acceptors (Lipinski definition) is 3. The highest BCUT2D eigenvalue weighted by Crippen LogP contribution is 2.35. The number of nitrogens with one attached hydrogen (secondary N) is 3. The molecule has 0 aliphatic heterocycles. The minimum Gasteiger partial charge on any atom is -0.350 e. The van der Waals surface area contributed by atoms with Crippen molar-refractivity contribution in [2.45, 2.75) is 31.1 Å². The van der Waals surface area contributed by atoms with Gasteiger partial charge in [-0.15, -0.1) is 0 Å². The molecule has 0 spiro atoms. The highest BCUT2D eigenvalue weighted by molar-refractivity contribution is 7.92. The number of carbonyl (C=O) groups excluding carboxylic acids is 1. The molecule has 0 saturated carbocycles. The van der Waals surface area contributed by atoms with Gasteiger partial charge in [0, 0.05) is 27.8 Å². The molecule has 0 bridgehead atoms. The number of carbonyl (C=O) groups is 1. The van der Waals surface area contributed by atoms with E-state index in [2.05, 4.69) is 35.8 Å². The van der Waals surface area contributed by atoms with Gasteiger partial charge in [-0.25, -0.2) is 8.42 Å². The van der Waals surface area contributed by atoms with Gasteiger partial charge in [0.15, 0.2) is 0 Å². The van der Waals surface area contributed by atoms with E-state index >= 15 is 0 Å². The maximum atomic E-state index is 13.3. The molecule has 38 heavy (non-hydrogen) atoms. The highest BCUT2D eigenvalue weighted by atomic mass is 32.2. The number of amides is 1. The van der Waals surface area contributed by atoms with Crippen LogP contribution in [0, 0.1) is 0 Å². The van der Waals surface area contributed by atoms with Gasteiger partial charge in [0.1, 0.15) is 5.69 Å². The fraction of sp³-hybridized carbons (Fsp3) is 0.129. The fourth-order valence-electron chi connectivity index (χ4n) is 4.41. The first-order valence-electron chi connectivity index (χ1n) is 12.3. The molecule has 0 aliphatic rings. The highest BCUT2D eigenvalue weighted by Gasteiger charge is 2.21. The van der Waals surface area contributed by atoms with Gasteiger partial charge in [-0.2, -0.15) is 0 Å². The third kappa shape index (κ3) is 5.19. The molecular formula is C31H29N3O3S. The average Bonchev–Trinajstić information content (AvgIpc) is 3.29. The van der Waals surface area contributed by atoms with Crippen LogP contribution in [0.15, 0.2) is 108 Å². The number of H-pyrrole nitrogens is 1. The van der Waals surface area contributed by atoms with Gasteiger partial charge in [0.25, 0.3) is 15.9 Å². The second-order valence-electron chi connectivity index (χ2n) is 10.2. The number of aromatic nitrogens is 1. The first-order chi connectivity index (χ1) is 18.1. The van der Waals surface area contributed by atoms with E-state index in [4.69, 9.17) is 0 Å². The predicted octanol–water partition coefficient (Wildman–Crippen LogP) is 7.19. The number of para-hydroxylation sites is 2. The summed E-state index contributed by atoms with van der Waals surface area (Å²) in [6.07, 6.45) is 0. The van der Waals surface area contributed by atoms with Crippen LogP contribution in [0.2, 0.25) is 0 Å². The van der Waals surface area contributed by atoms with Crippen molar-refractivity contribution in [2.24, 2.45) is 0 Å². The lowest BCUT2D eigenvalue weighted by atomic mass is 9.87. The van der Waals surface area contributed by atoms with Gasteiger partial charge in [0.2, 0.25) is 0 Å². The van der Waals surface area contributed by atoms with Gasteiger partial charge in [-0.05, 0) is 59.0 Å². The number of anilines is 2. The average molecular weight is 524 g/mol. The molecular weight excluding hydrogens is 494 g/mol. The third-order valence-electron chi connectivity index (χ3n) is 6.40. The largest absolute Gasteiger partial charge is 0.350 e. The predicted molar refractivity (Wildman–Crippen MR) is 154 cm³/mol. The van der Waals surface area contributed by atoms with Crippen LogP contribution in [0.5, 0.6) is 0 Å². The lowest BCUT2D eigenvalue weighted by Gasteiger charge is -2.19. The number of benzene rings is 4. The first kappa shape index (κ1) is 25.3. The van der Waals surface area contributed by atoms with E-state index in [1.54, 1.807) is 30.3 Å². The van der Waals surface area contributed by atoms with Crippen molar-refractivity contribution < 1.29 is 13.2 Å². The van der Waals surface area contributed by atoms with Crippen LogP contribution in [0.1, 0.15) is 36.8 Å². The van der Waals surface area contributed by atoms with Gasteiger partial charge < -0.3 is 10.3 Å². The van der Waals surface area contributed by atoms with Crippen molar-refractivity contribution in [3.05, 3.63) is 114 Å². The Morgan fingerprint density at radius 3 is 2.13 bits per heavy atom. The van der Waals surface area contributed by atoms with Crippen LogP contribution < -0.4 is 10.0 Å². The summed E-state index contributed by atoms with van der Waals surface area (Å²) in [5.74, 6) is -0.285. The molecule has 4 aromatic carbocycles. The quantitative estimate of drug-likeness (QED) is 0.220. The van der Waals surface area contributed by atoms with Crippen LogP contribution in [-0.2, 0) is 15.4 Å². The van der Waals surface area contributed by atoms with Crippen LogP contribution in [-0.4, -0.2) is 19.3 Å². The van der Waals surface area contributed by atoms with Crippen molar-refractivity contribution in [3.8, 4) is 11.1 Å². The molecule has 1 aromatic heterocycles. The van der Waals surface area contributed by atoms with Gasteiger partial charge in [-0.1, -0.05) is 81.4 Å². The molecule has 0 saturated heterocycles. The van der Waals surface area contributed by atoms with Crippen molar-refractivity contribution in [1.82, 2.24) is 4.98 Å². The second-order valence-corrected chi connectivity index (χ2v) is 11.9. The molecule has 0 aliphatic carbocycles. The Labute approximate surface area is 222 Å². The summed E-state index contributed by atoms with van der Waals surface area (Å²) in [5.41, 5.74) is 4.68. The minimum atomic E-state index is -3.81. The fourth-order valence-corrected chi connectivity index (χ4v) is 5.46. The van der Waals surface area contributed by atoms with Crippen molar-refractivity contribution in [2.75, 3.05) is 10.0 Å². The van der Waals surface area contributed by atoms with Crippen LogP contribution in [0.25, 0.3) is 22.0 Å². The van der Waals surface area contributed by atoms with E-state index in [1.165, 1.54) is 0 Å². The molecule has 0 atom stereocenters. The molecule has 192 valence electrons. The lowest BCUT2D eigenvalue weighted by molar-refractivity contribution is 0.102. The maximum Gasteiger partial charge on any atom is 0.272 e. The molecule has 3 N–H and O–H groups in total. The van der Waals surface area contributed by atoms with Gasteiger partial charge in [0.05, 0.1) is 4.90 Å². The Hall–Kier alpha value is -4.36. The summed E-state index contributed by atoms with van der Waals surface area (Å²) in [4.78, 5) is 16.7. The topological polar surface area (TPSA) is 91.1 Å². The summed E-state index contributed by atoms with van der Waals surface area (Å²) < 4.78 is 29.0. The molecule has 5 rings (SSSR count). The monoisotopic (exact) mass is 523 g/mol. The number of hydrogen-bond donors (Lipinski definition) is 3. The minimum absolute atomic E-state index is 0.0755. The standard InChI is InChI=1S/C31H29N3O3S/c1-31(2,3)22-16-18-25(19-17-22)38(36,37)34-24-13-9-10-21(20-24)28-26-14-7-8-15-27(26)33-29(28)30(35)32-23-11-5-4-6-12-23/h4-20,33-34H,1-3H3,(H,32,35). The first-order valence-corrected chi connectivity index (χ1v) is 13.8. The van der Waals surface area contributed by atoms with Crippen LogP contribution >= 0.6 is 0 Å². The van der Waals surface area contributed by atoms with Crippen molar-refractivity contribution >= 4 is 38.2 Å². The van der Waals surface area contributed by atoms with E-state index in [-0.39, 0.29) is 16.2 Å². The normalized spacial score (nSPS) is 11.9. The Morgan fingerprint density at radius 1 is 0.763 bits per heavy atom. The van der Waals surface area contributed by atoms with Gasteiger partial charge in [-0.3, -0.25) is 9.52 Å². The summed E-state index contributed by atoms with van der Waals surface area (Å²) in [5, 5.41) is 3.80. The zero-order chi connectivity index (χ0) is 26.9. The smallest absolute Gasteiger partial charge is 0.272 e. The zero-order valence-electron chi connectivity index (χ0n) is 21.4. The van der Waals surface area contributed by atoms with Gasteiger partial charge >= 0.3 is 0 Å². The van der Waals surface area contributed by atoms with E-state index < -0.39 is 10.0 Å². The lowest BCUT2D eigenvalue weighted by Crippen LogP contribution is -2.15. The Balaban J connectivity index is 1.50. The number of fused-ring (bicyclic) bond motifs is 1. The zero-order valence-corrected chi connectivity index (χ0v) is 22.3. The number of rotatable bonds is 6. The van der Waals surface area contributed by atoms with Crippen LogP contribution in [0.3, 0.4) is 0 Å². The molecule has 7 heteroatoms. The molecule has 1 heterocycles. The van der Waals surface area contributed by atoms with E-state index in [9.17, 15) is 13.2 Å². The Kier molecular flexibility index (Phi) is 6.55. The summed E-state index contributed by atoms with van der Waals surface area (Å²) in [7, 11) is -3.81. The summed E-state index contributed by atoms with van der Waals surface area (Å²) >= 11 is 0. The molecule has 1 amide bonds. The van der Waals surface area contributed by atoms with E-state index in [0.717, 1.165) is 16.5 Å². The molecule has 6 nitrogen and oxygen atoms in total.